The Kier molecular flexibility index (Phi) is 6.10. The van der Waals surface area contributed by atoms with Crippen LogP contribution in [0.25, 0.3) is 6.08 Å². The second-order valence-corrected chi connectivity index (χ2v) is 6.87. The molecule has 7 heteroatoms. The van der Waals surface area contributed by atoms with Crippen LogP contribution in [-0.2, 0) is 11.3 Å². The maximum absolute atomic E-state index is 13.0. The first-order chi connectivity index (χ1) is 13.9. The summed E-state index contributed by atoms with van der Waals surface area (Å²) in [6.07, 6.45) is 1.51. The molecule has 0 spiro atoms. The normalized spacial score (nSPS) is 11.2. The molecule has 0 aliphatic rings. The largest absolute Gasteiger partial charge is 0.321 e. The minimum atomic E-state index is -0.572. The number of rotatable bonds is 5. The van der Waals surface area contributed by atoms with Crippen LogP contribution in [0.4, 0.5) is 10.1 Å². The van der Waals surface area contributed by atoms with Crippen LogP contribution < -0.4 is 5.32 Å². The fraction of sp³-hybridized carbons (Fsp3) is 0.136. The minimum Gasteiger partial charge on any atom is -0.321 e. The Balaban J connectivity index is 1.86. The van der Waals surface area contributed by atoms with Crippen molar-refractivity contribution in [2.45, 2.75) is 20.4 Å². The highest BCUT2D eigenvalue weighted by Gasteiger charge is 2.15. The second-order valence-electron chi connectivity index (χ2n) is 6.46. The molecule has 0 saturated carbocycles. The molecule has 0 aliphatic heterocycles. The van der Waals surface area contributed by atoms with Gasteiger partial charge in [-0.3, -0.25) is 9.48 Å². The van der Waals surface area contributed by atoms with Gasteiger partial charge in [-0.15, -0.1) is 0 Å². The van der Waals surface area contributed by atoms with Gasteiger partial charge in [-0.25, -0.2) is 4.39 Å². The van der Waals surface area contributed by atoms with Crippen molar-refractivity contribution in [1.82, 2.24) is 9.78 Å². The molecule has 1 aromatic heterocycles. The molecule has 0 saturated heterocycles. The summed E-state index contributed by atoms with van der Waals surface area (Å²) >= 11 is 6.24. The van der Waals surface area contributed by atoms with Gasteiger partial charge in [0.1, 0.15) is 17.5 Å². The zero-order valence-electron chi connectivity index (χ0n) is 15.9. The second kappa shape index (κ2) is 8.72. The molecule has 0 bridgehead atoms. The summed E-state index contributed by atoms with van der Waals surface area (Å²) in [6.45, 7) is 4.16. The number of hydrogen-bond acceptors (Lipinski definition) is 3. The van der Waals surface area contributed by atoms with Crippen molar-refractivity contribution >= 4 is 29.3 Å². The van der Waals surface area contributed by atoms with Crippen molar-refractivity contribution < 1.29 is 9.18 Å². The Morgan fingerprint density at radius 2 is 1.93 bits per heavy atom. The lowest BCUT2D eigenvalue weighted by Crippen LogP contribution is -2.13. The molecular formula is C22H18ClFN4O. The third-order valence-corrected chi connectivity index (χ3v) is 4.84. The van der Waals surface area contributed by atoms with E-state index in [0.29, 0.717) is 28.5 Å². The van der Waals surface area contributed by atoms with Crippen LogP contribution >= 0.6 is 11.6 Å². The third-order valence-electron chi connectivity index (χ3n) is 4.47. The highest BCUT2D eigenvalue weighted by molar-refractivity contribution is 6.31. The quantitative estimate of drug-likeness (QED) is 0.482. The Morgan fingerprint density at radius 3 is 2.59 bits per heavy atom. The number of benzene rings is 2. The number of amides is 1. The van der Waals surface area contributed by atoms with E-state index in [4.69, 9.17) is 11.6 Å². The molecule has 1 heterocycles. The Morgan fingerprint density at radius 1 is 1.24 bits per heavy atom. The van der Waals surface area contributed by atoms with Crippen LogP contribution in [0.15, 0.2) is 54.1 Å². The zero-order valence-corrected chi connectivity index (χ0v) is 16.7. The van der Waals surface area contributed by atoms with Crippen LogP contribution in [0.5, 0.6) is 0 Å². The predicted molar refractivity (Wildman–Crippen MR) is 111 cm³/mol. The summed E-state index contributed by atoms with van der Waals surface area (Å²) in [4.78, 5) is 12.5. The maximum Gasteiger partial charge on any atom is 0.266 e. The van der Waals surface area contributed by atoms with Gasteiger partial charge < -0.3 is 5.32 Å². The number of nitrogens with zero attached hydrogens (tertiary/aromatic N) is 3. The Labute approximate surface area is 173 Å². The summed E-state index contributed by atoms with van der Waals surface area (Å²) in [5.74, 6) is -0.979. The molecule has 0 radical (unpaired) electrons. The van der Waals surface area contributed by atoms with Crippen molar-refractivity contribution in [3.05, 3.63) is 87.5 Å². The van der Waals surface area contributed by atoms with E-state index in [1.165, 1.54) is 30.3 Å². The highest BCUT2D eigenvalue weighted by atomic mass is 35.5. The van der Waals surface area contributed by atoms with Gasteiger partial charge in [0.25, 0.3) is 5.91 Å². The molecule has 0 unspecified atom stereocenters. The number of carbonyl (C=O) groups is 1. The van der Waals surface area contributed by atoms with Gasteiger partial charge in [0.15, 0.2) is 0 Å². The molecule has 0 aliphatic carbocycles. The van der Waals surface area contributed by atoms with Crippen molar-refractivity contribution in [2.24, 2.45) is 0 Å². The molecule has 146 valence electrons. The molecule has 3 rings (SSSR count). The van der Waals surface area contributed by atoms with Gasteiger partial charge >= 0.3 is 0 Å². The predicted octanol–water partition coefficient (Wildman–Crippen LogP) is 4.89. The van der Waals surface area contributed by atoms with Gasteiger partial charge in [-0.2, -0.15) is 10.4 Å². The van der Waals surface area contributed by atoms with Crippen LogP contribution in [0, 0.1) is 31.0 Å². The number of anilines is 1. The lowest BCUT2D eigenvalue weighted by molar-refractivity contribution is -0.112. The van der Waals surface area contributed by atoms with Gasteiger partial charge in [-0.05, 0) is 55.8 Å². The van der Waals surface area contributed by atoms with Crippen LogP contribution in [0.2, 0.25) is 5.02 Å². The van der Waals surface area contributed by atoms with Gasteiger partial charge in [0.05, 0.1) is 12.2 Å². The van der Waals surface area contributed by atoms with E-state index in [1.807, 2.05) is 44.2 Å². The lowest BCUT2D eigenvalue weighted by Gasteiger charge is -2.07. The van der Waals surface area contributed by atoms with E-state index >= 15 is 0 Å². The van der Waals surface area contributed by atoms with Crippen LogP contribution in [0.1, 0.15) is 22.5 Å². The van der Waals surface area contributed by atoms with E-state index < -0.39 is 11.7 Å². The van der Waals surface area contributed by atoms with Crippen molar-refractivity contribution in [3.63, 3.8) is 0 Å². The standard InChI is InChI=1S/C22H18ClFN4O/c1-14-20(15(2)28(27-14)13-16-5-3-4-6-21(16)23)11-17(12-25)22(29)26-19-9-7-18(24)8-10-19/h3-11H,13H2,1-2H3,(H,26,29)/b17-11+. The van der Waals surface area contributed by atoms with Crippen LogP contribution in [0.3, 0.4) is 0 Å². The zero-order chi connectivity index (χ0) is 21.0. The number of carbonyl (C=O) groups excluding carboxylic acids is 1. The van der Waals surface area contributed by atoms with E-state index in [9.17, 15) is 14.4 Å². The number of hydrogen-bond donors (Lipinski definition) is 1. The summed E-state index contributed by atoms with van der Waals surface area (Å²) < 4.78 is 14.8. The molecular weight excluding hydrogens is 391 g/mol. The highest BCUT2D eigenvalue weighted by Crippen LogP contribution is 2.21. The smallest absolute Gasteiger partial charge is 0.266 e. The number of nitrogens with one attached hydrogen (secondary N) is 1. The number of aryl methyl sites for hydroxylation is 1. The molecule has 1 amide bonds. The van der Waals surface area contributed by atoms with Gasteiger partial charge in [0.2, 0.25) is 0 Å². The van der Waals surface area contributed by atoms with E-state index in [2.05, 4.69) is 10.4 Å². The third kappa shape index (κ3) is 4.71. The molecule has 29 heavy (non-hydrogen) atoms. The van der Waals surface area contributed by atoms with Crippen LogP contribution in [-0.4, -0.2) is 15.7 Å². The van der Waals surface area contributed by atoms with Crippen molar-refractivity contribution in [2.75, 3.05) is 5.32 Å². The van der Waals surface area contributed by atoms with E-state index in [0.717, 1.165) is 11.3 Å². The first-order valence-electron chi connectivity index (χ1n) is 8.85. The Bertz CT molecular complexity index is 1130. The number of halogens is 2. The van der Waals surface area contributed by atoms with Gasteiger partial charge in [-0.1, -0.05) is 29.8 Å². The first kappa shape index (κ1) is 20.3. The summed E-state index contributed by atoms with van der Waals surface area (Å²) in [5, 5.41) is 17.2. The SMILES string of the molecule is Cc1nn(Cc2ccccc2Cl)c(C)c1/C=C(\C#N)C(=O)Nc1ccc(F)cc1. The molecule has 0 fully saturated rings. The van der Waals surface area contributed by atoms with E-state index in [1.54, 1.807) is 4.68 Å². The molecule has 5 nitrogen and oxygen atoms in total. The lowest BCUT2D eigenvalue weighted by atomic mass is 10.1. The summed E-state index contributed by atoms with van der Waals surface area (Å²) in [5.41, 5.74) is 3.45. The average molecular weight is 409 g/mol. The van der Waals surface area contributed by atoms with Crippen molar-refractivity contribution in [1.29, 1.82) is 5.26 Å². The number of aromatic nitrogens is 2. The number of nitriles is 1. The monoisotopic (exact) mass is 408 g/mol. The molecule has 2 aromatic carbocycles. The molecule has 3 aromatic rings. The topological polar surface area (TPSA) is 70.7 Å². The van der Waals surface area contributed by atoms with Crippen molar-refractivity contribution in [3.8, 4) is 6.07 Å². The van der Waals surface area contributed by atoms with E-state index in [-0.39, 0.29) is 5.57 Å². The maximum atomic E-state index is 13.0. The molecule has 1 N–H and O–H groups in total. The van der Waals surface area contributed by atoms with Gasteiger partial charge in [0, 0.05) is 22.0 Å². The summed E-state index contributed by atoms with van der Waals surface area (Å²) in [6, 6.07) is 14.8. The average Bonchev–Trinajstić information content (AvgIpc) is 2.96. The fourth-order valence-corrected chi connectivity index (χ4v) is 3.08. The molecule has 0 atom stereocenters. The fourth-order valence-electron chi connectivity index (χ4n) is 2.89. The first-order valence-corrected chi connectivity index (χ1v) is 9.23. The summed E-state index contributed by atoms with van der Waals surface area (Å²) in [7, 11) is 0. The minimum absolute atomic E-state index is 0.0715. The Hall–Kier alpha value is -3.43.